The van der Waals surface area contributed by atoms with Crippen LogP contribution in [0.1, 0.15) is 106 Å². The predicted octanol–water partition coefficient (Wildman–Crippen LogP) is 11.1. The van der Waals surface area contributed by atoms with E-state index in [0.29, 0.717) is 6.42 Å². The van der Waals surface area contributed by atoms with Crippen LogP contribution in [0.3, 0.4) is 0 Å². The van der Waals surface area contributed by atoms with Gasteiger partial charge in [-0.05, 0) is 106 Å². The lowest BCUT2D eigenvalue weighted by Crippen LogP contribution is -2.13. The molecule has 194 valence electrons. The first-order chi connectivity index (χ1) is 16.0. The minimum absolute atomic E-state index is 0.215. The molecule has 0 aromatic rings. The molecular weight excluding hydrogens is 436 g/mol. The Bertz CT molecular complexity index is 751. The van der Waals surface area contributed by atoms with Gasteiger partial charge >= 0.3 is 6.18 Å². The molecule has 0 aliphatic rings. The Morgan fingerprint density at radius 2 is 0.824 bits per heavy atom. The van der Waals surface area contributed by atoms with Gasteiger partial charge in [-0.3, -0.25) is 0 Å². The number of halogens is 4. The first-order valence-electron chi connectivity index (χ1n) is 12.5. The molecule has 0 radical (unpaired) electrons. The molecule has 0 aromatic heterocycles. The van der Waals surface area contributed by atoms with E-state index in [1.165, 1.54) is 22.3 Å². The fourth-order valence-corrected chi connectivity index (χ4v) is 3.47. The van der Waals surface area contributed by atoms with E-state index < -0.39 is 18.4 Å². The summed E-state index contributed by atoms with van der Waals surface area (Å²) < 4.78 is 50.0. The number of hydrogen-bond donors (Lipinski definition) is 0. The van der Waals surface area contributed by atoms with E-state index in [-0.39, 0.29) is 6.42 Å². The lowest BCUT2D eigenvalue weighted by Gasteiger charge is -2.08. The van der Waals surface area contributed by atoms with Gasteiger partial charge in [-0.25, -0.2) is 4.39 Å². The van der Waals surface area contributed by atoms with E-state index in [2.05, 4.69) is 65.0 Å². The van der Waals surface area contributed by atoms with Gasteiger partial charge in [-0.1, -0.05) is 64.3 Å². The van der Waals surface area contributed by atoms with Gasteiger partial charge in [-0.2, -0.15) is 13.2 Å². The van der Waals surface area contributed by atoms with Crippen LogP contribution < -0.4 is 0 Å². The lowest BCUT2D eigenvalue weighted by atomic mass is 10.0. The molecule has 0 atom stereocenters. The van der Waals surface area contributed by atoms with Crippen LogP contribution >= 0.6 is 0 Å². The molecule has 0 spiro atoms. The highest BCUT2D eigenvalue weighted by atomic mass is 19.4. The molecule has 0 saturated heterocycles. The highest BCUT2D eigenvalue weighted by Gasteiger charge is 2.32. The van der Waals surface area contributed by atoms with Gasteiger partial charge in [-0.15, -0.1) is 0 Å². The van der Waals surface area contributed by atoms with E-state index in [4.69, 9.17) is 0 Å². The molecule has 0 saturated carbocycles. The fourth-order valence-electron chi connectivity index (χ4n) is 3.47. The van der Waals surface area contributed by atoms with E-state index >= 15 is 0 Å². The molecule has 0 fully saturated rings. The Morgan fingerprint density at radius 3 is 1.15 bits per heavy atom. The zero-order valence-electron chi connectivity index (χ0n) is 22.3. The van der Waals surface area contributed by atoms with Crippen molar-refractivity contribution < 1.29 is 17.6 Å². The molecule has 0 amide bonds. The molecule has 34 heavy (non-hydrogen) atoms. The molecule has 0 rings (SSSR count). The Morgan fingerprint density at radius 1 is 0.500 bits per heavy atom. The van der Waals surface area contributed by atoms with Crippen molar-refractivity contribution in [2.45, 2.75) is 112 Å². The van der Waals surface area contributed by atoms with Crippen LogP contribution in [0.5, 0.6) is 0 Å². The van der Waals surface area contributed by atoms with E-state index in [1.807, 2.05) is 6.92 Å². The topological polar surface area (TPSA) is 0 Å². The summed E-state index contributed by atoms with van der Waals surface area (Å²) in [6, 6.07) is 0. The quantitative estimate of drug-likeness (QED) is 0.117. The minimum Gasteiger partial charge on any atom is -0.246 e. The summed E-state index contributed by atoms with van der Waals surface area (Å²) in [6.07, 6.45) is 16.9. The van der Waals surface area contributed by atoms with Crippen LogP contribution in [-0.4, -0.2) is 12.9 Å². The zero-order valence-corrected chi connectivity index (χ0v) is 22.3. The molecule has 0 aliphatic carbocycles. The second-order valence-corrected chi connectivity index (χ2v) is 9.58. The third-order valence-electron chi connectivity index (χ3n) is 5.74. The summed E-state index contributed by atoms with van der Waals surface area (Å²) in [4.78, 5) is 0. The number of unbranched alkanes of at least 4 members (excludes halogenated alkanes) is 1. The molecule has 0 unspecified atom stereocenters. The largest absolute Gasteiger partial charge is 0.414 e. The molecule has 0 heterocycles. The van der Waals surface area contributed by atoms with Gasteiger partial charge in [0.15, 0.2) is 0 Å². The van der Waals surface area contributed by atoms with Crippen LogP contribution in [-0.2, 0) is 0 Å². The van der Waals surface area contributed by atoms with Gasteiger partial charge in [0.1, 0.15) is 6.67 Å². The molecule has 0 N–H and O–H groups in total. The fraction of sp³-hybridized carbons (Fsp3) is 0.600. The molecule has 0 nitrogen and oxygen atoms in total. The van der Waals surface area contributed by atoms with Crippen molar-refractivity contribution in [3.63, 3.8) is 0 Å². The second-order valence-electron chi connectivity index (χ2n) is 9.58. The summed E-state index contributed by atoms with van der Waals surface area (Å²) in [7, 11) is 0. The zero-order chi connectivity index (χ0) is 26.0. The van der Waals surface area contributed by atoms with Crippen LogP contribution in [0.15, 0.2) is 69.9 Å². The van der Waals surface area contributed by atoms with Crippen molar-refractivity contribution >= 4 is 0 Å². The Kier molecular flexibility index (Phi) is 17.5. The maximum atomic E-state index is 12.5. The van der Waals surface area contributed by atoms with Crippen molar-refractivity contribution in [3.05, 3.63) is 69.9 Å². The van der Waals surface area contributed by atoms with Crippen LogP contribution in [0.25, 0.3) is 0 Å². The Hall–Kier alpha value is -1.84. The summed E-state index contributed by atoms with van der Waals surface area (Å²) in [5.41, 5.74) is 5.59. The van der Waals surface area contributed by atoms with Crippen molar-refractivity contribution in [1.29, 1.82) is 0 Å². The van der Waals surface area contributed by atoms with Gasteiger partial charge in [0.05, 0.1) is 5.57 Å². The monoisotopic (exact) mass is 482 g/mol. The van der Waals surface area contributed by atoms with E-state index in [0.717, 1.165) is 63.0 Å². The average Bonchev–Trinajstić information content (AvgIpc) is 2.73. The van der Waals surface area contributed by atoms with E-state index in [1.54, 1.807) is 0 Å². The van der Waals surface area contributed by atoms with Crippen molar-refractivity contribution in [2.75, 3.05) is 6.67 Å². The van der Waals surface area contributed by atoms with Crippen LogP contribution in [0.4, 0.5) is 17.6 Å². The maximum absolute atomic E-state index is 12.5. The first-order valence-corrected chi connectivity index (χ1v) is 12.5. The van der Waals surface area contributed by atoms with Gasteiger partial charge in [0.2, 0.25) is 0 Å². The highest BCUT2D eigenvalue weighted by Crippen LogP contribution is 2.26. The highest BCUT2D eigenvalue weighted by molar-refractivity contribution is 5.11. The van der Waals surface area contributed by atoms with Crippen molar-refractivity contribution in [1.82, 2.24) is 0 Å². The lowest BCUT2D eigenvalue weighted by molar-refractivity contribution is -0.0952. The van der Waals surface area contributed by atoms with Gasteiger partial charge in [0.25, 0.3) is 0 Å². The predicted molar refractivity (Wildman–Crippen MR) is 141 cm³/mol. The Balaban J connectivity index is 4.20. The molecule has 0 aliphatic heterocycles. The third kappa shape index (κ3) is 18.6. The first kappa shape index (κ1) is 32.2. The normalized spacial score (nSPS) is 14.6. The maximum Gasteiger partial charge on any atom is 0.414 e. The number of rotatable bonds is 16. The average molecular weight is 483 g/mol. The summed E-state index contributed by atoms with van der Waals surface area (Å²) in [5, 5.41) is 0. The number of hydrogen-bond acceptors (Lipinski definition) is 0. The van der Waals surface area contributed by atoms with Gasteiger partial charge in [0, 0.05) is 0 Å². The number of allylic oxidation sites excluding steroid dienone is 12. The van der Waals surface area contributed by atoms with Crippen LogP contribution in [0.2, 0.25) is 0 Å². The molecule has 4 heteroatoms. The standard InChI is InChI=1S/C30H46F4/c1-24(2)13-9-16-27(5)19-10-17-25(3)14-7-8-15-26(4)18-11-20-28(6)21-12-22-29(23-31)30(32,33)34/h13-15,19-20,22H,7-12,16-18,21,23H2,1-6H3/b25-14+,26-15+,27-19+,28-20+,29-22?. The third-order valence-corrected chi connectivity index (χ3v) is 5.74. The SMILES string of the molecule is CC(C)=CCC/C(C)=C/CC/C(C)=C/CC/C=C(\C)CC/C=C(\C)CCC=C(CF)C(F)(F)F. The summed E-state index contributed by atoms with van der Waals surface area (Å²) in [5.74, 6) is 0. The summed E-state index contributed by atoms with van der Waals surface area (Å²) >= 11 is 0. The van der Waals surface area contributed by atoms with Gasteiger partial charge < -0.3 is 0 Å². The van der Waals surface area contributed by atoms with Crippen molar-refractivity contribution in [3.8, 4) is 0 Å². The smallest absolute Gasteiger partial charge is 0.246 e. The number of alkyl halides is 4. The minimum atomic E-state index is -4.57. The van der Waals surface area contributed by atoms with Crippen LogP contribution in [0, 0.1) is 0 Å². The molecule has 0 aromatic carbocycles. The molecule has 0 bridgehead atoms. The Labute approximate surface area is 206 Å². The molecular formula is C30H46F4. The van der Waals surface area contributed by atoms with E-state index in [9.17, 15) is 17.6 Å². The summed E-state index contributed by atoms with van der Waals surface area (Å²) in [6.45, 7) is 11.3. The van der Waals surface area contributed by atoms with Crippen molar-refractivity contribution in [2.24, 2.45) is 0 Å². The second kappa shape index (κ2) is 18.5.